The molecule has 0 bridgehead atoms. The first-order valence-electron chi connectivity index (χ1n) is 5.02. The zero-order valence-electron chi connectivity index (χ0n) is 9.38. The normalized spacial score (nSPS) is 10.1. The molecule has 92 valence electrons. The van der Waals surface area contributed by atoms with Gasteiger partial charge in [-0.2, -0.15) is 4.98 Å². The Labute approximate surface area is 101 Å². The van der Waals surface area contributed by atoms with Crippen molar-refractivity contribution in [1.82, 2.24) is 10.1 Å². The molecule has 0 aliphatic rings. The van der Waals surface area contributed by atoms with Crippen LogP contribution in [0.3, 0.4) is 0 Å². The van der Waals surface area contributed by atoms with Crippen LogP contribution in [-0.4, -0.2) is 27.1 Å². The molecule has 0 aliphatic carbocycles. The average Bonchev–Trinajstić information content (AvgIpc) is 2.74. The van der Waals surface area contributed by atoms with Crippen LogP contribution in [0.5, 0.6) is 0 Å². The molecule has 18 heavy (non-hydrogen) atoms. The first kappa shape index (κ1) is 11.8. The monoisotopic (exact) mass is 247 g/mol. The fourth-order valence-corrected chi connectivity index (χ4v) is 1.38. The molecule has 0 atom stereocenters. The average molecular weight is 247 g/mol. The van der Waals surface area contributed by atoms with E-state index >= 15 is 0 Å². The van der Waals surface area contributed by atoms with Gasteiger partial charge in [0.15, 0.2) is 5.82 Å². The van der Waals surface area contributed by atoms with Gasteiger partial charge in [-0.3, -0.25) is 10.1 Å². The van der Waals surface area contributed by atoms with Crippen molar-refractivity contribution in [1.29, 1.82) is 0 Å². The fourth-order valence-electron chi connectivity index (χ4n) is 1.38. The number of aromatic nitrogens is 2. The van der Waals surface area contributed by atoms with Gasteiger partial charge in [-0.15, -0.1) is 0 Å². The van der Waals surface area contributed by atoms with Gasteiger partial charge in [0, 0.05) is 0 Å². The van der Waals surface area contributed by atoms with Crippen molar-refractivity contribution in [2.75, 3.05) is 5.32 Å². The molecule has 0 unspecified atom stereocenters. The molecule has 0 spiro atoms. The van der Waals surface area contributed by atoms with E-state index in [0.29, 0.717) is 5.82 Å². The number of rotatable bonds is 3. The molecule has 1 heterocycles. The van der Waals surface area contributed by atoms with Crippen molar-refractivity contribution >= 4 is 17.9 Å². The van der Waals surface area contributed by atoms with E-state index in [1.807, 2.05) is 0 Å². The number of benzene rings is 1. The minimum absolute atomic E-state index is 0.0286. The van der Waals surface area contributed by atoms with Crippen LogP contribution in [0.1, 0.15) is 26.5 Å². The maximum absolute atomic E-state index is 11.8. The highest BCUT2D eigenvalue weighted by Gasteiger charge is 2.17. The van der Waals surface area contributed by atoms with E-state index in [4.69, 9.17) is 9.63 Å². The van der Waals surface area contributed by atoms with E-state index in [1.165, 1.54) is 18.2 Å². The van der Waals surface area contributed by atoms with Gasteiger partial charge in [-0.05, 0) is 19.1 Å². The minimum Gasteiger partial charge on any atom is -0.478 e. The smallest absolute Gasteiger partial charge is 0.336 e. The third-order valence-corrected chi connectivity index (χ3v) is 2.15. The molecule has 1 amide bonds. The summed E-state index contributed by atoms with van der Waals surface area (Å²) >= 11 is 0. The lowest BCUT2D eigenvalue weighted by Crippen LogP contribution is -2.16. The molecule has 2 N–H and O–H groups in total. The third kappa shape index (κ3) is 2.34. The van der Waals surface area contributed by atoms with Gasteiger partial charge in [0.05, 0.1) is 11.1 Å². The molecule has 1 aromatic heterocycles. The lowest BCUT2D eigenvalue weighted by atomic mass is 10.1. The van der Waals surface area contributed by atoms with Gasteiger partial charge in [0.1, 0.15) is 0 Å². The number of carbonyl (C=O) groups excluding carboxylic acids is 1. The molecular weight excluding hydrogens is 238 g/mol. The quantitative estimate of drug-likeness (QED) is 0.847. The van der Waals surface area contributed by atoms with E-state index in [1.54, 1.807) is 13.0 Å². The second-order valence-electron chi connectivity index (χ2n) is 3.45. The van der Waals surface area contributed by atoms with Gasteiger partial charge in [0.2, 0.25) is 0 Å². The lowest BCUT2D eigenvalue weighted by molar-refractivity contribution is 0.0692. The molecule has 1 aromatic carbocycles. The van der Waals surface area contributed by atoms with E-state index < -0.39 is 11.9 Å². The Morgan fingerprint density at radius 2 is 1.94 bits per heavy atom. The number of nitrogens with zero attached hydrogens (tertiary/aromatic N) is 2. The SMILES string of the molecule is Cc1noc(NC(=O)c2ccccc2C(=O)O)n1. The number of carbonyl (C=O) groups is 2. The predicted octanol–water partition coefficient (Wildman–Crippen LogP) is 1.33. The number of carboxylic acids is 1. The largest absolute Gasteiger partial charge is 0.478 e. The van der Waals surface area contributed by atoms with Crippen molar-refractivity contribution in [3.8, 4) is 0 Å². The van der Waals surface area contributed by atoms with E-state index in [-0.39, 0.29) is 17.1 Å². The van der Waals surface area contributed by atoms with Crippen molar-refractivity contribution in [3.05, 3.63) is 41.2 Å². The van der Waals surface area contributed by atoms with Gasteiger partial charge in [-0.1, -0.05) is 17.3 Å². The van der Waals surface area contributed by atoms with E-state index in [2.05, 4.69) is 15.5 Å². The van der Waals surface area contributed by atoms with Crippen LogP contribution in [0.2, 0.25) is 0 Å². The predicted molar refractivity (Wildman–Crippen MR) is 60.4 cm³/mol. The molecule has 2 rings (SSSR count). The third-order valence-electron chi connectivity index (χ3n) is 2.15. The Morgan fingerprint density at radius 1 is 1.28 bits per heavy atom. The summed E-state index contributed by atoms with van der Waals surface area (Å²) in [4.78, 5) is 26.6. The number of nitrogens with one attached hydrogen (secondary N) is 1. The summed E-state index contributed by atoms with van der Waals surface area (Å²) in [5.74, 6) is -1.42. The summed E-state index contributed by atoms with van der Waals surface area (Å²) in [5, 5.41) is 14.8. The van der Waals surface area contributed by atoms with Crippen LogP contribution in [0.15, 0.2) is 28.8 Å². The van der Waals surface area contributed by atoms with Gasteiger partial charge in [0.25, 0.3) is 5.91 Å². The van der Waals surface area contributed by atoms with Crippen molar-refractivity contribution in [2.24, 2.45) is 0 Å². The second kappa shape index (κ2) is 4.66. The molecule has 0 saturated carbocycles. The van der Waals surface area contributed by atoms with E-state index in [9.17, 15) is 9.59 Å². The van der Waals surface area contributed by atoms with Gasteiger partial charge in [-0.25, -0.2) is 4.79 Å². The van der Waals surface area contributed by atoms with Crippen LogP contribution in [0.25, 0.3) is 0 Å². The molecule has 2 aromatic rings. The Hall–Kier alpha value is -2.70. The molecule has 7 heteroatoms. The Kier molecular flexibility index (Phi) is 3.05. The number of aromatic carboxylic acids is 1. The Morgan fingerprint density at radius 3 is 2.50 bits per heavy atom. The van der Waals surface area contributed by atoms with E-state index in [0.717, 1.165) is 0 Å². The van der Waals surface area contributed by atoms with Crippen LogP contribution < -0.4 is 5.32 Å². The standard InChI is InChI=1S/C11H9N3O4/c1-6-12-11(18-14-6)13-9(15)7-4-2-3-5-8(7)10(16)17/h2-5H,1H3,(H,16,17)(H,12,13,14,15). The number of aryl methyl sites for hydroxylation is 1. The topological polar surface area (TPSA) is 105 Å². The molecule has 0 radical (unpaired) electrons. The van der Waals surface area contributed by atoms with Crippen LogP contribution in [0, 0.1) is 6.92 Å². The minimum atomic E-state index is -1.18. The van der Waals surface area contributed by atoms with Crippen molar-refractivity contribution in [3.63, 3.8) is 0 Å². The molecule has 7 nitrogen and oxygen atoms in total. The summed E-state index contributed by atoms with van der Waals surface area (Å²) < 4.78 is 4.72. The molecular formula is C11H9N3O4. The summed E-state index contributed by atoms with van der Waals surface area (Å²) in [6.45, 7) is 1.60. The zero-order valence-corrected chi connectivity index (χ0v) is 9.38. The van der Waals surface area contributed by atoms with Crippen LogP contribution in [-0.2, 0) is 0 Å². The summed E-state index contributed by atoms with van der Waals surface area (Å²) in [6.07, 6.45) is 0. The highest BCUT2D eigenvalue weighted by Crippen LogP contribution is 2.11. The number of hydrogen-bond donors (Lipinski definition) is 2. The number of amides is 1. The second-order valence-corrected chi connectivity index (χ2v) is 3.45. The highest BCUT2D eigenvalue weighted by molar-refractivity contribution is 6.09. The molecule has 0 saturated heterocycles. The Bertz CT molecular complexity index is 606. The van der Waals surface area contributed by atoms with Crippen LogP contribution >= 0.6 is 0 Å². The first-order chi connectivity index (χ1) is 8.58. The number of carboxylic acid groups (broad SMARTS) is 1. The summed E-state index contributed by atoms with van der Waals surface area (Å²) in [5.41, 5.74) is -0.0629. The maximum Gasteiger partial charge on any atom is 0.336 e. The van der Waals surface area contributed by atoms with Crippen molar-refractivity contribution < 1.29 is 19.2 Å². The summed E-state index contributed by atoms with van der Waals surface area (Å²) in [6, 6.07) is 5.79. The van der Waals surface area contributed by atoms with Crippen molar-refractivity contribution in [2.45, 2.75) is 6.92 Å². The molecule has 0 aliphatic heterocycles. The van der Waals surface area contributed by atoms with Crippen LogP contribution in [0.4, 0.5) is 6.01 Å². The number of hydrogen-bond acceptors (Lipinski definition) is 5. The zero-order chi connectivity index (χ0) is 13.1. The highest BCUT2D eigenvalue weighted by atomic mass is 16.5. The van der Waals surface area contributed by atoms with Gasteiger partial charge < -0.3 is 9.63 Å². The first-order valence-corrected chi connectivity index (χ1v) is 5.02. The Balaban J connectivity index is 2.26. The maximum atomic E-state index is 11.8. The fraction of sp³-hybridized carbons (Fsp3) is 0.0909. The number of anilines is 1. The summed E-state index contributed by atoms with van der Waals surface area (Å²) in [7, 11) is 0. The van der Waals surface area contributed by atoms with Gasteiger partial charge >= 0.3 is 12.0 Å². The molecule has 0 fully saturated rings. The lowest BCUT2D eigenvalue weighted by Gasteiger charge is -2.03.